The molecule has 0 saturated heterocycles. The summed E-state index contributed by atoms with van der Waals surface area (Å²) >= 11 is 0. The molecule has 132 valence electrons. The molecular weight excluding hydrogens is 324 g/mol. The fraction of sp³-hybridized carbons (Fsp3) is 0.174. The second-order valence-corrected chi connectivity index (χ2v) is 6.87. The quantitative estimate of drug-likeness (QED) is 0.634. The Morgan fingerprint density at radius 3 is 2.15 bits per heavy atom. The van der Waals surface area contributed by atoms with Gasteiger partial charge < -0.3 is 9.84 Å². The number of para-hydroxylation sites is 1. The molecule has 0 bridgehead atoms. The summed E-state index contributed by atoms with van der Waals surface area (Å²) in [5, 5.41) is 9.31. The molecule has 0 atom stereocenters. The minimum absolute atomic E-state index is 0.135. The van der Waals surface area contributed by atoms with Crippen LogP contribution >= 0.6 is 0 Å². The largest absolute Gasteiger partial charge is 0.478 e. The highest BCUT2D eigenvalue weighted by molar-refractivity contribution is 5.90. The maximum Gasteiger partial charge on any atom is 0.339 e. The third kappa shape index (κ3) is 3.47. The molecule has 0 radical (unpaired) electrons. The molecule has 3 heteroatoms. The van der Waals surface area contributed by atoms with Gasteiger partial charge in [0.25, 0.3) is 0 Å². The lowest BCUT2D eigenvalue weighted by molar-refractivity contribution is 0.0694. The van der Waals surface area contributed by atoms with Crippen LogP contribution in [0, 0.1) is 6.92 Å². The lowest BCUT2D eigenvalue weighted by atomic mass is 9.78. The first kappa shape index (κ1) is 17.7. The standard InChI is InChI=1S/C23H22O3/c1-16-15-18(23(2,3)17-9-5-4-6-10-17)13-14-20(16)26-21-12-8-7-11-19(21)22(24)25/h4-15H,1-3H3,(H,24,25). The van der Waals surface area contributed by atoms with Gasteiger partial charge in [0.2, 0.25) is 0 Å². The van der Waals surface area contributed by atoms with Crippen LogP contribution in [-0.2, 0) is 5.41 Å². The summed E-state index contributed by atoms with van der Waals surface area (Å²) in [5.41, 5.74) is 3.40. The van der Waals surface area contributed by atoms with E-state index in [4.69, 9.17) is 4.74 Å². The van der Waals surface area contributed by atoms with Crippen LogP contribution in [0.1, 0.15) is 40.9 Å². The summed E-state index contributed by atoms with van der Waals surface area (Å²) in [4.78, 5) is 11.4. The van der Waals surface area contributed by atoms with Gasteiger partial charge in [0, 0.05) is 5.41 Å². The van der Waals surface area contributed by atoms with E-state index in [1.165, 1.54) is 11.1 Å². The zero-order valence-corrected chi connectivity index (χ0v) is 15.2. The van der Waals surface area contributed by atoms with Crippen LogP contribution in [0.25, 0.3) is 0 Å². The topological polar surface area (TPSA) is 46.5 Å². The van der Waals surface area contributed by atoms with Crippen molar-refractivity contribution in [1.82, 2.24) is 0 Å². The Morgan fingerprint density at radius 2 is 1.50 bits per heavy atom. The zero-order chi connectivity index (χ0) is 18.7. The average molecular weight is 346 g/mol. The van der Waals surface area contributed by atoms with Crippen molar-refractivity contribution < 1.29 is 14.6 Å². The predicted molar refractivity (Wildman–Crippen MR) is 103 cm³/mol. The van der Waals surface area contributed by atoms with Gasteiger partial charge in [-0.15, -0.1) is 0 Å². The molecule has 26 heavy (non-hydrogen) atoms. The minimum atomic E-state index is -1.000. The molecular formula is C23H22O3. The van der Waals surface area contributed by atoms with E-state index in [1.54, 1.807) is 24.3 Å². The Morgan fingerprint density at radius 1 is 0.846 bits per heavy atom. The van der Waals surface area contributed by atoms with Gasteiger partial charge in [-0.2, -0.15) is 0 Å². The molecule has 3 aromatic rings. The van der Waals surface area contributed by atoms with Crippen molar-refractivity contribution in [2.24, 2.45) is 0 Å². The monoisotopic (exact) mass is 346 g/mol. The van der Waals surface area contributed by atoms with Crippen molar-refractivity contribution in [1.29, 1.82) is 0 Å². The molecule has 0 amide bonds. The van der Waals surface area contributed by atoms with Crippen LogP contribution in [0.4, 0.5) is 0 Å². The molecule has 1 N–H and O–H groups in total. The first-order valence-electron chi connectivity index (χ1n) is 8.56. The lowest BCUT2D eigenvalue weighted by Gasteiger charge is -2.27. The molecule has 0 spiro atoms. The molecule has 0 aliphatic carbocycles. The maximum atomic E-state index is 11.4. The summed E-state index contributed by atoms with van der Waals surface area (Å²) in [6, 6.07) is 23.1. The van der Waals surface area contributed by atoms with E-state index in [-0.39, 0.29) is 11.0 Å². The highest BCUT2D eigenvalue weighted by Crippen LogP contribution is 2.35. The highest BCUT2D eigenvalue weighted by Gasteiger charge is 2.23. The smallest absolute Gasteiger partial charge is 0.339 e. The predicted octanol–water partition coefficient (Wildman–Crippen LogP) is 5.81. The average Bonchev–Trinajstić information content (AvgIpc) is 2.64. The van der Waals surface area contributed by atoms with Crippen molar-refractivity contribution in [3.8, 4) is 11.5 Å². The molecule has 3 nitrogen and oxygen atoms in total. The molecule has 0 saturated carbocycles. The summed E-state index contributed by atoms with van der Waals surface area (Å²) in [5.74, 6) is 0.00423. The number of hydrogen-bond acceptors (Lipinski definition) is 2. The highest BCUT2D eigenvalue weighted by atomic mass is 16.5. The van der Waals surface area contributed by atoms with Gasteiger partial charge in [0.05, 0.1) is 0 Å². The molecule has 0 heterocycles. The van der Waals surface area contributed by atoms with Crippen LogP contribution in [0.2, 0.25) is 0 Å². The van der Waals surface area contributed by atoms with Crippen molar-refractivity contribution in [3.63, 3.8) is 0 Å². The fourth-order valence-electron chi connectivity index (χ4n) is 3.02. The molecule has 0 aliphatic rings. The SMILES string of the molecule is Cc1cc(C(C)(C)c2ccccc2)ccc1Oc1ccccc1C(=O)O. The van der Waals surface area contributed by atoms with E-state index in [1.807, 2.05) is 37.3 Å². The van der Waals surface area contributed by atoms with E-state index >= 15 is 0 Å². The number of benzene rings is 3. The van der Waals surface area contributed by atoms with Gasteiger partial charge >= 0.3 is 5.97 Å². The van der Waals surface area contributed by atoms with Crippen molar-refractivity contribution in [3.05, 3.63) is 95.1 Å². The number of ether oxygens (including phenoxy) is 1. The Balaban J connectivity index is 1.93. The summed E-state index contributed by atoms with van der Waals surface area (Å²) < 4.78 is 5.89. The van der Waals surface area contributed by atoms with Crippen molar-refractivity contribution >= 4 is 5.97 Å². The van der Waals surface area contributed by atoms with Crippen LogP contribution in [0.15, 0.2) is 72.8 Å². The van der Waals surface area contributed by atoms with Gasteiger partial charge in [-0.25, -0.2) is 4.79 Å². The van der Waals surface area contributed by atoms with Crippen LogP contribution < -0.4 is 4.74 Å². The minimum Gasteiger partial charge on any atom is -0.478 e. The maximum absolute atomic E-state index is 11.4. The van der Waals surface area contributed by atoms with Gasteiger partial charge in [0.15, 0.2) is 0 Å². The van der Waals surface area contributed by atoms with Crippen LogP contribution in [0.5, 0.6) is 11.5 Å². The van der Waals surface area contributed by atoms with Crippen molar-refractivity contribution in [2.75, 3.05) is 0 Å². The Kier molecular flexibility index (Phi) is 4.81. The third-order valence-corrected chi connectivity index (χ3v) is 4.73. The van der Waals surface area contributed by atoms with E-state index in [0.717, 1.165) is 5.56 Å². The second kappa shape index (κ2) is 7.04. The number of aromatic carboxylic acids is 1. The number of rotatable bonds is 5. The van der Waals surface area contributed by atoms with Crippen molar-refractivity contribution in [2.45, 2.75) is 26.2 Å². The normalized spacial score (nSPS) is 11.2. The lowest BCUT2D eigenvalue weighted by Crippen LogP contribution is -2.18. The van der Waals surface area contributed by atoms with Crippen LogP contribution in [0.3, 0.4) is 0 Å². The number of aryl methyl sites for hydroxylation is 1. The molecule has 3 rings (SSSR count). The first-order chi connectivity index (χ1) is 12.4. The molecule has 0 fully saturated rings. The number of carboxylic acids is 1. The Labute approximate surface area is 153 Å². The number of hydrogen-bond donors (Lipinski definition) is 1. The second-order valence-electron chi connectivity index (χ2n) is 6.87. The molecule has 0 unspecified atom stereocenters. The molecule has 0 aliphatic heterocycles. The fourth-order valence-corrected chi connectivity index (χ4v) is 3.02. The van der Waals surface area contributed by atoms with Gasteiger partial charge in [-0.3, -0.25) is 0 Å². The third-order valence-electron chi connectivity index (χ3n) is 4.73. The summed E-state index contributed by atoms with van der Waals surface area (Å²) in [7, 11) is 0. The van der Waals surface area contributed by atoms with E-state index in [9.17, 15) is 9.90 Å². The summed E-state index contributed by atoms with van der Waals surface area (Å²) in [6.07, 6.45) is 0. The van der Waals surface area contributed by atoms with Gasteiger partial charge in [-0.05, 0) is 41.8 Å². The zero-order valence-electron chi connectivity index (χ0n) is 15.2. The van der Waals surface area contributed by atoms with Gasteiger partial charge in [0.1, 0.15) is 17.1 Å². The summed E-state index contributed by atoms with van der Waals surface area (Å²) in [6.45, 7) is 6.36. The van der Waals surface area contributed by atoms with Crippen LogP contribution in [-0.4, -0.2) is 11.1 Å². The van der Waals surface area contributed by atoms with E-state index < -0.39 is 5.97 Å². The Hall–Kier alpha value is -3.07. The van der Waals surface area contributed by atoms with Gasteiger partial charge in [-0.1, -0.05) is 68.4 Å². The first-order valence-corrected chi connectivity index (χ1v) is 8.56. The number of carbonyl (C=O) groups is 1. The number of carboxylic acid groups (broad SMARTS) is 1. The van der Waals surface area contributed by atoms with E-state index in [2.05, 4.69) is 32.0 Å². The molecule has 3 aromatic carbocycles. The Bertz CT molecular complexity index is 927. The van der Waals surface area contributed by atoms with E-state index in [0.29, 0.717) is 11.5 Å². The molecule has 0 aromatic heterocycles.